The zero-order chi connectivity index (χ0) is 18.7. The molecule has 3 rings (SSSR count). The van der Waals surface area contributed by atoms with Gasteiger partial charge in [0.1, 0.15) is 0 Å². The van der Waals surface area contributed by atoms with Gasteiger partial charge in [-0.25, -0.2) is 0 Å². The van der Waals surface area contributed by atoms with E-state index < -0.39 is 17.9 Å². The number of hydrogen-bond donors (Lipinski definition) is 2. The van der Waals surface area contributed by atoms with Crippen LogP contribution in [-0.2, 0) is 14.4 Å². The van der Waals surface area contributed by atoms with Crippen molar-refractivity contribution < 1.29 is 19.5 Å². The summed E-state index contributed by atoms with van der Waals surface area (Å²) >= 11 is 0. The summed E-state index contributed by atoms with van der Waals surface area (Å²) in [5.74, 6) is -1.72. The van der Waals surface area contributed by atoms with Crippen LogP contribution in [0.5, 0.6) is 0 Å². The molecule has 6 heteroatoms. The molecule has 1 saturated heterocycles. The number of rotatable bonds is 6. The highest BCUT2D eigenvalue weighted by Gasteiger charge is 2.34. The Morgan fingerprint density at radius 1 is 1.23 bits per heavy atom. The Bertz CT molecular complexity index is 849. The number of carboxylic acid groups (broad SMARTS) is 1. The second kappa shape index (κ2) is 7.56. The van der Waals surface area contributed by atoms with Crippen LogP contribution in [-0.4, -0.2) is 40.9 Å². The van der Waals surface area contributed by atoms with Crippen LogP contribution in [0.15, 0.2) is 42.5 Å². The first kappa shape index (κ1) is 17.9. The molecule has 1 aliphatic heterocycles. The molecule has 2 N–H and O–H groups in total. The SMILES string of the molecule is CCN1CC(C(=O)N[C@@H](CC(=O)O)c2ccc3ccccc3c2)CC1=O. The van der Waals surface area contributed by atoms with Gasteiger partial charge in [0.05, 0.1) is 18.4 Å². The summed E-state index contributed by atoms with van der Waals surface area (Å²) in [5.41, 5.74) is 0.746. The molecule has 0 spiro atoms. The smallest absolute Gasteiger partial charge is 0.305 e. The van der Waals surface area contributed by atoms with Crippen molar-refractivity contribution in [1.29, 1.82) is 0 Å². The van der Waals surface area contributed by atoms with E-state index in [9.17, 15) is 19.5 Å². The van der Waals surface area contributed by atoms with Gasteiger partial charge in [0.2, 0.25) is 11.8 Å². The molecular formula is C20H22N2O4. The lowest BCUT2D eigenvalue weighted by Gasteiger charge is -2.20. The third-order valence-electron chi connectivity index (χ3n) is 4.84. The van der Waals surface area contributed by atoms with Gasteiger partial charge >= 0.3 is 5.97 Å². The van der Waals surface area contributed by atoms with Gasteiger partial charge in [-0.3, -0.25) is 14.4 Å². The van der Waals surface area contributed by atoms with Crippen LogP contribution in [0.4, 0.5) is 0 Å². The van der Waals surface area contributed by atoms with Crippen molar-refractivity contribution >= 4 is 28.6 Å². The number of aliphatic carboxylic acids is 1. The van der Waals surface area contributed by atoms with Crippen molar-refractivity contribution in [3.63, 3.8) is 0 Å². The van der Waals surface area contributed by atoms with Gasteiger partial charge in [-0.05, 0) is 29.3 Å². The minimum Gasteiger partial charge on any atom is -0.481 e. The van der Waals surface area contributed by atoms with Crippen LogP contribution in [0, 0.1) is 5.92 Å². The molecule has 2 atom stereocenters. The Labute approximate surface area is 151 Å². The summed E-state index contributed by atoms with van der Waals surface area (Å²) in [7, 11) is 0. The van der Waals surface area contributed by atoms with E-state index in [0.29, 0.717) is 13.1 Å². The van der Waals surface area contributed by atoms with E-state index in [1.807, 2.05) is 49.4 Å². The highest BCUT2D eigenvalue weighted by molar-refractivity contribution is 5.90. The number of fused-ring (bicyclic) bond motifs is 1. The number of amides is 2. The lowest BCUT2D eigenvalue weighted by molar-refractivity contribution is -0.138. The molecule has 1 aliphatic rings. The maximum Gasteiger partial charge on any atom is 0.305 e. The lowest BCUT2D eigenvalue weighted by Crippen LogP contribution is -2.36. The Kier molecular flexibility index (Phi) is 5.21. The van der Waals surface area contributed by atoms with Gasteiger partial charge in [-0.15, -0.1) is 0 Å². The summed E-state index contributed by atoms with van der Waals surface area (Å²) in [4.78, 5) is 37.4. The van der Waals surface area contributed by atoms with Gasteiger partial charge in [-0.2, -0.15) is 0 Å². The molecule has 0 aliphatic carbocycles. The molecule has 0 bridgehead atoms. The Morgan fingerprint density at radius 3 is 2.62 bits per heavy atom. The van der Waals surface area contributed by atoms with Crippen molar-refractivity contribution in [3.8, 4) is 0 Å². The average Bonchev–Trinajstić information content (AvgIpc) is 3.01. The van der Waals surface area contributed by atoms with Crippen molar-refractivity contribution in [2.24, 2.45) is 5.92 Å². The summed E-state index contributed by atoms with van der Waals surface area (Å²) in [6.07, 6.45) is -0.0283. The number of carbonyl (C=O) groups excluding carboxylic acids is 2. The third kappa shape index (κ3) is 3.85. The number of likely N-dealkylation sites (tertiary alicyclic amines) is 1. The molecule has 2 amide bonds. The van der Waals surface area contributed by atoms with Gasteiger partial charge in [0.25, 0.3) is 0 Å². The first-order chi connectivity index (χ1) is 12.5. The third-order valence-corrected chi connectivity index (χ3v) is 4.84. The minimum atomic E-state index is -0.985. The lowest BCUT2D eigenvalue weighted by atomic mass is 9.98. The number of nitrogens with zero attached hydrogens (tertiary/aromatic N) is 1. The first-order valence-corrected chi connectivity index (χ1v) is 8.76. The maximum atomic E-state index is 12.6. The van der Waals surface area contributed by atoms with Gasteiger partial charge < -0.3 is 15.3 Å². The second-order valence-corrected chi connectivity index (χ2v) is 6.60. The number of hydrogen-bond acceptors (Lipinski definition) is 3. The minimum absolute atomic E-state index is 0.0341. The molecule has 6 nitrogen and oxygen atoms in total. The number of carboxylic acids is 1. The molecule has 0 aromatic heterocycles. The highest BCUT2D eigenvalue weighted by atomic mass is 16.4. The van der Waals surface area contributed by atoms with Crippen LogP contribution in [0.2, 0.25) is 0 Å². The van der Waals surface area contributed by atoms with Crippen LogP contribution in [0.25, 0.3) is 10.8 Å². The Balaban J connectivity index is 1.80. The van der Waals surface area contributed by atoms with E-state index in [-0.39, 0.29) is 24.7 Å². The van der Waals surface area contributed by atoms with Gasteiger partial charge in [-0.1, -0.05) is 36.4 Å². The predicted octanol–water partition coefficient (Wildman–Crippen LogP) is 2.34. The molecule has 1 heterocycles. The molecule has 26 heavy (non-hydrogen) atoms. The largest absolute Gasteiger partial charge is 0.481 e. The van der Waals surface area contributed by atoms with Crippen LogP contribution in [0.3, 0.4) is 0 Å². The molecule has 136 valence electrons. The number of nitrogens with one attached hydrogen (secondary N) is 1. The van der Waals surface area contributed by atoms with Crippen molar-refractivity contribution in [2.75, 3.05) is 13.1 Å². The van der Waals surface area contributed by atoms with E-state index in [0.717, 1.165) is 16.3 Å². The average molecular weight is 354 g/mol. The molecule has 0 saturated carbocycles. The summed E-state index contributed by atoms with van der Waals surface area (Å²) in [6, 6.07) is 12.8. The second-order valence-electron chi connectivity index (χ2n) is 6.60. The quantitative estimate of drug-likeness (QED) is 0.834. The van der Waals surface area contributed by atoms with E-state index in [4.69, 9.17) is 0 Å². The molecule has 0 radical (unpaired) electrons. The van der Waals surface area contributed by atoms with E-state index in [1.54, 1.807) is 4.90 Å². The van der Waals surface area contributed by atoms with E-state index in [2.05, 4.69) is 5.32 Å². The fourth-order valence-corrected chi connectivity index (χ4v) is 3.39. The summed E-state index contributed by atoms with van der Waals surface area (Å²) in [6.45, 7) is 2.84. The topological polar surface area (TPSA) is 86.7 Å². The molecular weight excluding hydrogens is 332 g/mol. The van der Waals surface area contributed by atoms with Crippen LogP contribution >= 0.6 is 0 Å². The van der Waals surface area contributed by atoms with E-state index in [1.165, 1.54) is 0 Å². The zero-order valence-corrected chi connectivity index (χ0v) is 14.6. The highest BCUT2D eigenvalue weighted by Crippen LogP contribution is 2.24. The van der Waals surface area contributed by atoms with E-state index >= 15 is 0 Å². The fourth-order valence-electron chi connectivity index (χ4n) is 3.39. The first-order valence-electron chi connectivity index (χ1n) is 8.76. The summed E-state index contributed by atoms with van der Waals surface area (Å²) in [5, 5.41) is 14.1. The normalized spacial score (nSPS) is 18.1. The molecule has 1 unspecified atom stereocenters. The number of carbonyl (C=O) groups is 3. The standard InChI is InChI=1S/C20H22N2O4/c1-2-22-12-16(10-18(22)23)20(26)21-17(11-19(24)25)15-8-7-13-5-3-4-6-14(13)9-15/h3-9,16-17H,2,10-12H2,1H3,(H,21,26)(H,24,25)/t16?,17-/m0/s1. The number of benzene rings is 2. The predicted molar refractivity (Wildman–Crippen MR) is 97.4 cm³/mol. The van der Waals surface area contributed by atoms with Crippen molar-refractivity contribution in [3.05, 3.63) is 48.0 Å². The van der Waals surface area contributed by atoms with Crippen LogP contribution in [0.1, 0.15) is 31.4 Å². The fraction of sp³-hybridized carbons (Fsp3) is 0.350. The van der Waals surface area contributed by atoms with Gasteiger partial charge in [0.15, 0.2) is 0 Å². The monoisotopic (exact) mass is 354 g/mol. The molecule has 2 aromatic rings. The van der Waals surface area contributed by atoms with Crippen LogP contribution < -0.4 is 5.32 Å². The van der Waals surface area contributed by atoms with Gasteiger partial charge in [0, 0.05) is 19.5 Å². The summed E-state index contributed by atoms with van der Waals surface area (Å²) < 4.78 is 0. The molecule has 2 aromatic carbocycles. The Morgan fingerprint density at radius 2 is 1.96 bits per heavy atom. The zero-order valence-electron chi connectivity index (χ0n) is 14.6. The Hall–Kier alpha value is -2.89. The van der Waals surface area contributed by atoms with Crippen molar-refractivity contribution in [2.45, 2.75) is 25.8 Å². The maximum absolute atomic E-state index is 12.6. The van der Waals surface area contributed by atoms with Crippen molar-refractivity contribution in [1.82, 2.24) is 10.2 Å². The molecule has 1 fully saturated rings.